The van der Waals surface area contributed by atoms with Gasteiger partial charge in [-0.15, -0.1) is 5.10 Å². The van der Waals surface area contributed by atoms with Gasteiger partial charge in [0, 0.05) is 6.54 Å². The molecule has 3 fully saturated rings. The van der Waals surface area contributed by atoms with Crippen LogP contribution in [0, 0.1) is 5.92 Å². The Hall–Kier alpha value is -1.92. The standard InChI is InChI=1S/C14H19N5O2/c20-12-14(5-1-2-6-14)15-13(21)19(12)9-11-8-18(17-16-11)7-10-3-4-10/h8,10H,1-7,9H2,(H,15,21). The molecule has 1 aromatic heterocycles. The number of imide groups is 1. The maximum atomic E-state index is 12.5. The molecule has 7 heteroatoms. The summed E-state index contributed by atoms with van der Waals surface area (Å²) in [5.41, 5.74) is 0.0374. The zero-order valence-corrected chi connectivity index (χ0v) is 11.9. The van der Waals surface area contributed by atoms with Gasteiger partial charge in [0.25, 0.3) is 5.91 Å². The maximum absolute atomic E-state index is 12.5. The molecule has 1 saturated heterocycles. The van der Waals surface area contributed by atoms with E-state index in [0.29, 0.717) is 5.69 Å². The summed E-state index contributed by atoms with van der Waals surface area (Å²) in [6.45, 7) is 1.11. The Morgan fingerprint density at radius 2 is 2.05 bits per heavy atom. The van der Waals surface area contributed by atoms with E-state index < -0.39 is 5.54 Å². The second-order valence-corrected chi connectivity index (χ2v) is 6.49. The average molecular weight is 289 g/mol. The fourth-order valence-corrected chi connectivity index (χ4v) is 3.36. The van der Waals surface area contributed by atoms with Crippen molar-refractivity contribution in [3.05, 3.63) is 11.9 Å². The molecule has 2 aliphatic carbocycles. The lowest BCUT2D eigenvalue weighted by molar-refractivity contribution is -0.131. The van der Waals surface area contributed by atoms with Crippen LogP contribution in [-0.4, -0.2) is 37.4 Å². The van der Waals surface area contributed by atoms with Crippen LogP contribution in [0.5, 0.6) is 0 Å². The Morgan fingerprint density at radius 1 is 1.29 bits per heavy atom. The quantitative estimate of drug-likeness (QED) is 0.840. The van der Waals surface area contributed by atoms with E-state index in [0.717, 1.165) is 38.1 Å². The van der Waals surface area contributed by atoms with Gasteiger partial charge >= 0.3 is 6.03 Å². The molecule has 1 aromatic rings. The maximum Gasteiger partial charge on any atom is 0.325 e. The van der Waals surface area contributed by atoms with Crippen LogP contribution in [0.1, 0.15) is 44.2 Å². The predicted molar refractivity (Wildman–Crippen MR) is 73.0 cm³/mol. The smallest absolute Gasteiger partial charge is 0.323 e. The minimum absolute atomic E-state index is 0.0956. The Morgan fingerprint density at radius 3 is 2.76 bits per heavy atom. The lowest BCUT2D eigenvalue weighted by atomic mass is 9.98. The number of nitrogens with zero attached hydrogens (tertiary/aromatic N) is 4. The van der Waals surface area contributed by atoms with Crippen molar-refractivity contribution in [2.24, 2.45) is 5.92 Å². The van der Waals surface area contributed by atoms with Crippen molar-refractivity contribution >= 4 is 11.9 Å². The van der Waals surface area contributed by atoms with Crippen LogP contribution in [0.15, 0.2) is 6.20 Å². The molecule has 3 amide bonds. The molecule has 0 radical (unpaired) electrons. The summed E-state index contributed by atoms with van der Waals surface area (Å²) in [5.74, 6) is 0.625. The molecule has 0 atom stereocenters. The summed E-state index contributed by atoms with van der Waals surface area (Å²) in [5, 5.41) is 11.0. The van der Waals surface area contributed by atoms with E-state index in [2.05, 4.69) is 15.6 Å². The lowest BCUT2D eigenvalue weighted by Gasteiger charge is -2.19. The van der Waals surface area contributed by atoms with Crippen molar-refractivity contribution in [3.8, 4) is 0 Å². The first-order valence-corrected chi connectivity index (χ1v) is 7.69. The van der Waals surface area contributed by atoms with E-state index >= 15 is 0 Å². The monoisotopic (exact) mass is 289 g/mol. The zero-order chi connectivity index (χ0) is 14.4. The second kappa shape index (κ2) is 4.54. The fraction of sp³-hybridized carbons (Fsp3) is 0.714. The first-order chi connectivity index (χ1) is 10.2. The Bertz CT molecular complexity index is 586. The molecule has 21 heavy (non-hydrogen) atoms. The molecule has 4 rings (SSSR count). The highest BCUT2D eigenvalue weighted by Gasteiger charge is 2.52. The number of rotatable bonds is 4. The van der Waals surface area contributed by atoms with Crippen LogP contribution in [0.2, 0.25) is 0 Å². The number of carbonyl (C=O) groups excluding carboxylic acids is 2. The van der Waals surface area contributed by atoms with E-state index in [1.54, 1.807) is 0 Å². The van der Waals surface area contributed by atoms with Gasteiger partial charge in [-0.05, 0) is 31.6 Å². The summed E-state index contributed by atoms with van der Waals surface area (Å²) >= 11 is 0. The number of amides is 3. The Balaban J connectivity index is 1.47. The van der Waals surface area contributed by atoms with Crippen LogP contribution in [0.3, 0.4) is 0 Å². The van der Waals surface area contributed by atoms with Gasteiger partial charge in [0.2, 0.25) is 0 Å². The third-order valence-electron chi connectivity index (χ3n) is 4.75. The molecular formula is C14H19N5O2. The van der Waals surface area contributed by atoms with Crippen LogP contribution in [-0.2, 0) is 17.9 Å². The van der Waals surface area contributed by atoms with Crippen molar-refractivity contribution in [2.75, 3.05) is 0 Å². The van der Waals surface area contributed by atoms with E-state index in [9.17, 15) is 9.59 Å². The van der Waals surface area contributed by atoms with Crippen LogP contribution in [0.25, 0.3) is 0 Å². The van der Waals surface area contributed by atoms with Gasteiger partial charge in [-0.25, -0.2) is 4.79 Å². The molecular weight excluding hydrogens is 270 g/mol. The van der Waals surface area contributed by atoms with Gasteiger partial charge in [-0.2, -0.15) is 0 Å². The molecule has 1 N–H and O–H groups in total. The SMILES string of the molecule is O=C1NC2(CCCC2)C(=O)N1Cc1cn(CC2CC2)nn1. The third-order valence-corrected chi connectivity index (χ3v) is 4.75. The molecule has 3 aliphatic rings. The van der Waals surface area contributed by atoms with E-state index in [1.165, 1.54) is 17.7 Å². The highest BCUT2D eigenvalue weighted by Crippen LogP contribution is 2.35. The minimum atomic E-state index is -0.638. The number of aromatic nitrogens is 3. The highest BCUT2D eigenvalue weighted by molar-refractivity contribution is 6.07. The molecule has 1 aliphatic heterocycles. The van der Waals surface area contributed by atoms with Crippen molar-refractivity contribution in [3.63, 3.8) is 0 Å². The third kappa shape index (κ3) is 2.20. The molecule has 1 spiro atoms. The largest absolute Gasteiger partial charge is 0.325 e. The molecule has 0 aromatic carbocycles. The van der Waals surface area contributed by atoms with E-state index in [4.69, 9.17) is 0 Å². The summed E-state index contributed by atoms with van der Waals surface area (Å²) in [7, 11) is 0. The van der Waals surface area contributed by atoms with Gasteiger partial charge in [-0.3, -0.25) is 14.4 Å². The number of carbonyl (C=O) groups is 2. The first kappa shape index (κ1) is 12.8. The Labute approximate surface area is 122 Å². The number of urea groups is 1. The Kier molecular flexibility index (Phi) is 2.77. The summed E-state index contributed by atoms with van der Waals surface area (Å²) in [6.07, 6.45) is 7.85. The minimum Gasteiger partial charge on any atom is -0.323 e. The zero-order valence-electron chi connectivity index (χ0n) is 11.9. The number of hydrogen-bond acceptors (Lipinski definition) is 4. The van der Waals surface area contributed by atoms with Crippen molar-refractivity contribution in [1.82, 2.24) is 25.2 Å². The van der Waals surface area contributed by atoms with Crippen molar-refractivity contribution in [2.45, 2.75) is 57.2 Å². The summed E-state index contributed by atoms with van der Waals surface area (Å²) in [4.78, 5) is 25.9. The molecule has 112 valence electrons. The second-order valence-electron chi connectivity index (χ2n) is 6.49. The lowest BCUT2D eigenvalue weighted by Crippen LogP contribution is -2.44. The molecule has 2 heterocycles. The van der Waals surface area contributed by atoms with Crippen LogP contribution < -0.4 is 5.32 Å². The van der Waals surface area contributed by atoms with E-state index in [1.807, 2.05) is 10.9 Å². The summed E-state index contributed by atoms with van der Waals surface area (Å²) in [6, 6.07) is -0.293. The number of nitrogens with one attached hydrogen (secondary N) is 1. The van der Waals surface area contributed by atoms with Gasteiger partial charge < -0.3 is 5.32 Å². The van der Waals surface area contributed by atoms with Gasteiger partial charge in [0.1, 0.15) is 11.2 Å². The highest BCUT2D eigenvalue weighted by atomic mass is 16.2. The van der Waals surface area contributed by atoms with E-state index in [-0.39, 0.29) is 18.5 Å². The normalized spacial score (nSPS) is 24.1. The molecule has 7 nitrogen and oxygen atoms in total. The van der Waals surface area contributed by atoms with Crippen molar-refractivity contribution in [1.29, 1.82) is 0 Å². The first-order valence-electron chi connectivity index (χ1n) is 7.69. The topological polar surface area (TPSA) is 80.1 Å². The fourth-order valence-electron chi connectivity index (χ4n) is 3.36. The van der Waals surface area contributed by atoms with Gasteiger partial charge in [0.15, 0.2) is 0 Å². The van der Waals surface area contributed by atoms with Gasteiger partial charge in [-0.1, -0.05) is 18.1 Å². The van der Waals surface area contributed by atoms with Gasteiger partial charge in [0.05, 0.1) is 12.7 Å². The molecule has 2 saturated carbocycles. The average Bonchev–Trinajstić information content (AvgIpc) is 2.89. The van der Waals surface area contributed by atoms with Crippen LogP contribution >= 0.6 is 0 Å². The molecule has 0 bridgehead atoms. The number of hydrogen-bond donors (Lipinski definition) is 1. The summed E-state index contributed by atoms with van der Waals surface area (Å²) < 4.78 is 1.82. The van der Waals surface area contributed by atoms with Crippen molar-refractivity contribution < 1.29 is 9.59 Å². The molecule has 0 unspecified atom stereocenters. The van der Waals surface area contributed by atoms with Crippen LogP contribution in [0.4, 0.5) is 4.79 Å². The predicted octanol–water partition coefficient (Wildman–Crippen LogP) is 1.05.